The third kappa shape index (κ3) is 1.48. The number of halogens is 2. The van der Waals surface area contributed by atoms with E-state index in [1.165, 1.54) is 6.07 Å². The fourth-order valence-corrected chi connectivity index (χ4v) is 1.97. The standard InChI is InChI=1S/C13H8F2N2O/c14-13(15)10-2-1-9(7-11(10)17-12(13)18)8-3-5-16-6-4-8/h1-7H,(H,17,18). The molecule has 0 saturated heterocycles. The molecule has 2 heterocycles. The molecule has 1 amide bonds. The Bertz CT molecular complexity index is 626. The number of fused-ring (bicyclic) bond motifs is 1. The molecule has 1 aliphatic rings. The van der Waals surface area contributed by atoms with Gasteiger partial charge in [-0.1, -0.05) is 6.07 Å². The summed E-state index contributed by atoms with van der Waals surface area (Å²) in [7, 11) is 0. The van der Waals surface area contributed by atoms with Crippen molar-refractivity contribution in [3.05, 3.63) is 48.3 Å². The summed E-state index contributed by atoms with van der Waals surface area (Å²) in [4.78, 5) is 15.0. The van der Waals surface area contributed by atoms with Gasteiger partial charge in [-0.15, -0.1) is 0 Å². The highest BCUT2D eigenvalue weighted by Gasteiger charge is 2.48. The van der Waals surface area contributed by atoms with Crippen LogP contribution in [0.25, 0.3) is 11.1 Å². The predicted octanol–water partition coefficient (Wildman–Crippen LogP) is 2.79. The van der Waals surface area contributed by atoms with Gasteiger partial charge >= 0.3 is 5.92 Å². The molecule has 0 radical (unpaired) electrons. The fourth-order valence-electron chi connectivity index (χ4n) is 1.97. The van der Waals surface area contributed by atoms with Crippen LogP contribution in [0.5, 0.6) is 0 Å². The van der Waals surface area contributed by atoms with Gasteiger partial charge in [0.1, 0.15) is 0 Å². The van der Waals surface area contributed by atoms with Gasteiger partial charge in [0.25, 0.3) is 5.91 Å². The first kappa shape index (κ1) is 10.8. The Morgan fingerprint density at radius 1 is 1.06 bits per heavy atom. The fraction of sp³-hybridized carbons (Fsp3) is 0.0769. The number of aromatic nitrogens is 1. The molecule has 0 bridgehead atoms. The van der Waals surface area contributed by atoms with Crippen LogP contribution in [0.4, 0.5) is 14.5 Å². The van der Waals surface area contributed by atoms with E-state index >= 15 is 0 Å². The number of benzene rings is 1. The maximum atomic E-state index is 13.4. The Morgan fingerprint density at radius 2 is 1.78 bits per heavy atom. The highest BCUT2D eigenvalue weighted by atomic mass is 19.3. The molecule has 3 nitrogen and oxygen atoms in total. The molecule has 0 fully saturated rings. The smallest absolute Gasteiger partial charge is 0.320 e. The number of alkyl halides is 2. The van der Waals surface area contributed by atoms with Crippen molar-refractivity contribution in [2.45, 2.75) is 5.92 Å². The second-order valence-electron chi connectivity index (χ2n) is 4.02. The van der Waals surface area contributed by atoms with E-state index in [2.05, 4.69) is 10.3 Å². The highest BCUT2D eigenvalue weighted by Crippen LogP contribution is 2.41. The van der Waals surface area contributed by atoms with Gasteiger partial charge in [-0.05, 0) is 35.4 Å². The van der Waals surface area contributed by atoms with Crippen molar-refractivity contribution in [3.8, 4) is 11.1 Å². The Hall–Kier alpha value is -2.30. The summed E-state index contributed by atoms with van der Waals surface area (Å²) in [5.41, 5.74) is 1.51. The number of nitrogens with zero attached hydrogens (tertiary/aromatic N) is 1. The molecule has 1 aromatic carbocycles. The van der Waals surface area contributed by atoms with E-state index in [4.69, 9.17) is 0 Å². The van der Waals surface area contributed by atoms with E-state index in [0.717, 1.165) is 11.1 Å². The number of amides is 1. The molecular formula is C13H8F2N2O. The molecule has 1 aliphatic heterocycles. The van der Waals surface area contributed by atoms with Crippen LogP contribution in [0.15, 0.2) is 42.7 Å². The van der Waals surface area contributed by atoms with Crippen molar-refractivity contribution >= 4 is 11.6 Å². The molecule has 18 heavy (non-hydrogen) atoms. The summed E-state index contributed by atoms with van der Waals surface area (Å²) in [6, 6.07) is 7.95. The van der Waals surface area contributed by atoms with E-state index in [1.54, 1.807) is 36.7 Å². The zero-order valence-electron chi connectivity index (χ0n) is 9.15. The van der Waals surface area contributed by atoms with Crippen LogP contribution in [0.1, 0.15) is 5.56 Å². The molecular weight excluding hydrogens is 238 g/mol. The van der Waals surface area contributed by atoms with E-state index in [9.17, 15) is 13.6 Å². The minimum absolute atomic E-state index is 0.166. The topological polar surface area (TPSA) is 42.0 Å². The molecule has 5 heteroatoms. The number of nitrogens with one attached hydrogen (secondary N) is 1. The van der Waals surface area contributed by atoms with Gasteiger partial charge in [0, 0.05) is 12.4 Å². The molecule has 0 saturated carbocycles. The summed E-state index contributed by atoms with van der Waals surface area (Å²) in [5.74, 6) is -4.71. The Balaban J connectivity index is 2.10. The summed E-state index contributed by atoms with van der Waals surface area (Å²) in [5, 5.41) is 2.19. The van der Waals surface area contributed by atoms with Crippen molar-refractivity contribution in [1.29, 1.82) is 0 Å². The third-order valence-electron chi connectivity index (χ3n) is 2.90. The highest BCUT2D eigenvalue weighted by molar-refractivity contribution is 6.04. The summed E-state index contributed by atoms with van der Waals surface area (Å²) >= 11 is 0. The number of hydrogen-bond acceptors (Lipinski definition) is 2. The molecule has 0 atom stereocenters. The monoisotopic (exact) mass is 246 g/mol. The number of carbonyl (C=O) groups excluding carboxylic acids is 1. The van der Waals surface area contributed by atoms with Crippen LogP contribution in [0, 0.1) is 0 Å². The summed E-state index contributed by atoms with van der Waals surface area (Å²) < 4.78 is 26.9. The lowest BCUT2D eigenvalue weighted by Crippen LogP contribution is -2.23. The first-order valence-electron chi connectivity index (χ1n) is 5.33. The minimum atomic E-state index is -3.44. The van der Waals surface area contributed by atoms with Gasteiger partial charge in [-0.3, -0.25) is 9.78 Å². The lowest BCUT2D eigenvalue weighted by molar-refractivity contribution is -0.139. The molecule has 1 aromatic heterocycles. The van der Waals surface area contributed by atoms with Gasteiger partial charge in [0.15, 0.2) is 0 Å². The molecule has 0 unspecified atom stereocenters. The maximum Gasteiger partial charge on any atom is 0.352 e. The van der Waals surface area contributed by atoms with Gasteiger partial charge < -0.3 is 5.32 Å². The summed E-state index contributed by atoms with van der Waals surface area (Å²) in [6.45, 7) is 0. The number of hydrogen-bond donors (Lipinski definition) is 1. The minimum Gasteiger partial charge on any atom is -0.320 e. The first-order valence-corrected chi connectivity index (χ1v) is 5.33. The van der Waals surface area contributed by atoms with Crippen molar-refractivity contribution in [2.75, 3.05) is 5.32 Å². The van der Waals surface area contributed by atoms with Gasteiger partial charge in [0.05, 0.1) is 11.3 Å². The van der Waals surface area contributed by atoms with Crippen molar-refractivity contribution in [1.82, 2.24) is 4.98 Å². The zero-order chi connectivity index (χ0) is 12.8. The Kier molecular flexibility index (Phi) is 2.16. The lowest BCUT2D eigenvalue weighted by Gasteiger charge is -2.07. The predicted molar refractivity (Wildman–Crippen MR) is 62.2 cm³/mol. The maximum absolute atomic E-state index is 13.4. The molecule has 2 aromatic rings. The van der Waals surface area contributed by atoms with Crippen molar-refractivity contribution in [3.63, 3.8) is 0 Å². The number of rotatable bonds is 1. The average Bonchev–Trinajstić information content (AvgIpc) is 2.61. The molecule has 3 rings (SSSR count). The van der Waals surface area contributed by atoms with Crippen LogP contribution < -0.4 is 5.32 Å². The number of pyridine rings is 1. The van der Waals surface area contributed by atoms with Crippen molar-refractivity contribution < 1.29 is 13.6 Å². The van der Waals surface area contributed by atoms with E-state index in [0.29, 0.717) is 0 Å². The lowest BCUT2D eigenvalue weighted by atomic mass is 10.0. The molecule has 1 N–H and O–H groups in total. The second kappa shape index (κ2) is 3.60. The molecule has 0 spiro atoms. The van der Waals surface area contributed by atoms with Gasteiger partial charge in [-0.2, -0.15) is 8.78 Å². The normalized spacial score (nSPS) is 16.2. The Labute approximate surface area is 101 Å². The van der Waals surface area contributed by atoms with Crippen LogP contribution in [-0.4, -0.2) is 10.9 Å². The van der Waals surface area contributed by atoms with Gasteiger partial charge in [0.2, 0.25) is 0 Å². The second-order valence-corrected chi connectivity index (χ2v) is 4.02. The van der Waals surface area contributed by atoms with E-state index in [-0.39, 0.29) is 11.3 Å². The number of carbonyl (C=O) groups is 1. The largest absolute Gasteiger partial charge is 0.352 e. The molecule has 0 aliphatic carbocycles. The first-order chi connectivity index (χ1) is 8.59. The van der Waals surface area contributed by atoms with Crippen molar-refractivity contribution in [2.24, 2.45) is 0 Å². The van der Waals surface area contributed by atoms with Crippen LogP contribution >= 0.6 is 0 Å². The van der Waals surface area contributed by atoms with Gasteiger partial charge in [-0.25, -0.2) is 0 Å². The van der Waals surface area contributed by atoms with Crippen LogP contribution in [0.2, 0.25) is 0 Å². The third-order valence-corrected chi connectivity index (χ3v) is 2.90. The Morgan fingerprint density at radius 3 is 2.50 bits per heavy atom. The van der Waals surface area contributed by atoms with E-state index in [1.807, 2.05) is 0 Å². The summed E-state index contributed by atoms with van der Waals surface area (Å²) in [6.07, 6.45) is 3.24. The van der Waals surface area contributed by atoms with Crippen LogP contribution in [-0.2, 0) is 10.7 Å². The van der Waals surface area contributed by atoms with E-state index < -0.39 is 11.8 Å². The SMILES string of the molecule is O=C1Nc2cc(-c3ccncc3)ccc2C1(F)F. The zero-order valence-corrected chi connectivity index (χ0v) is 9.15. The molecule has 90 valence electrons. The average molecular weight is 246 g/mol. The van der Waals surface area contributed by atoms with Crippen LogP contribution in [0.3, 0.4) is 0 Å². The number of anilines is 1. The quantitative estimate of drug-likeness (QED) is 0.840.